The Morgan fingerprint density at radius 3 is 1.27 bits per heavy atom. The first-order valence-corrected chi connectivity index (χ1v) is 6.28. The highest BCUT2D eigenvalue weighted by molar-refractivity contribution is 4.69. The quantitative estimate of drug-likeness (QED) is 0.671. The van der Waals surface area contributed by atoms with Crippen LogP contribution in [0.25, 0.3) is 0 Å². The fourth-order valence-electron chi connectivity index (χ4n) is 1.74. The number of hydrogen-bond donors (Lipinski definition) is 1. The zero-order chi connectivity index (χ0) is 12.9. The average Bonchev–Trinajstić information content (AvgIpc) is 2.24. The van der Waals surface area contributed by atoms with Crippen molar-refractivity contribution in [3.8, 4) is 0 Å². The van der Waals surface area contributed by atoms with Crippen molar-refractivity contribution in [3.05, 3.63) is 0 Å². The standard InChI is InChI=1S/C8H16O.2C2H6.CH4O/c1-6-4-7(2)9-8(3)5-6;3*1-2/h6-8H,4-5H2,1-3H3;2*1-2H3;2H,1H3/t6?,7-,8+;;;. The van der Waals surface area contributed by atoms with Crippen molar-refractivity contribution in [2.45, 2.75) is 73.5 Å². The van der Waals surface area contributed by atoms with E-state index in [2.05, 4.69) is 20.8 Å². The van der Waals surface area contributed by atoms with E-state index < -0.39 is 0 Å². The molecule has 1 fully saturated rings. The molecule has 0 spiro atoms. The lowest BCUT2D eigenvalue weighted by molar-refractivity contribution is -0.0485. The molecule has 0 radical (unpaired) electrons. The van der Waals surface area contributed by atoms with Crippen molar-refractivity contribution in [1.82, 2.24) is 0 Å². The van der Waals surface area contributed by atoms with Crippen LogP contribution in [0.5, 0.6) is 0 Å². The lowest BCUT2D eigenvalue weighted by Crippen LogP contribution is -2.27. The van der Waals surface area contributed by atoms with E-state index in [-0.39, 0.29) is 0 Å². The summed E-state index contributed by atoms with van der Waals surface area (Å²) in [6.07, 6.45) is 3.46. The topological polar surface area (TPSA) is 29.5 Å². The molecule has 1 N–H and O–H groups in total. The van der Waals surface area contributed by atoms with Crippen molar-refractivity contribution < 1.29 is 9.84 Å². The molecule has 1 saturated heterocycles. The normalized spacial score (nSPS) is 28.2. The van der Waals surface area contributed by atoms with Gasteiger partial charge in [0.2, 0.25) is 0 Å². The second-order valence-electron chi connectivity index (χ2n) is 3.33. The molecule has 0 aliphatic carbocycles. The maximum atomic E-state index is 7.00. The van der Waals surface area contributed by atoms with E-state index in [1.807, 2.05) is 27.7 Å². The van der Waals surface area contributed by atoms with Gasteiger partial charge >= 0.3 is 0 Å². The van der Waals surface area contributed by atoms with Crippen molar-refractivity contribution >= 4 is 0 Å². The SMILES string of the molecule is CC.CC.CC1C[C@@H](C)O[C@@H](C)C1.CO. The van der Waals surface area contributed by atoms with E-state index >= 15 is 0 Å². The van der Waals surface area contributed by atoms with Gasteiger partial charge in [-0.05, 0) is 32.6 Å². The van der Waals surface area contributed by atoms with Gasteiger partial charge in [0.25, 0.3) is 0 Å². The molecule has 0 aromatic carbocycles. The van der Waals surface area contributed by atoms with Crippen LogP contribution in [0.15, 0.2) is 0 Å². The number of ether oxygens (including phenoxy) is 1. The molecule has 96 valence electrons. The second-order valence-corrected chi connectivity index (χ2v) is 3.33. The molecule has 3 atom stereocenters. The van der Waals surface area contributed by atoms with Crippen LogP contribution in [0.1, 0.15) is 61.3 Å². The third kappa shape index (κ3) is 13.9. The molecule has 0 aromatic heterocycles. The first-order chi connectivity index (χ1) is 7.18. The molecule has 0 bridgehead atoms. The Kier molecular flexibility index (Phi) is 22.2. The number of aliphatic hydroxyl groups is 1. The van der Waals surface area contributed by atoms with Crippen molar-refractivity contribution in [3.63, 3.8) is 0 Å². The van der Waals surface area contributed by atoms with Crippen LogP contribution < -0.4 is 0 Å². The van der Waals surface area contributed by atoms with E-state index in [0.29, 0.717) is 12.2 Å². The molecule has 0 saturated carbocycles. The van der Waals surface area contributed by atoms with Gasteiger partial charge in [-0.25, -0.2) is 0 Å². The minimum Gasteiger partial charge on any atom is -0.400 e. The molecular weight excluding hydrogens is 188 g/mol. The Balaban J connectivity index is -0.000000208. The molecule has 0 amide bonds. The van der Waals surface area contributed by atoms with Crippen LogP contribution in [0.2, 0.25) is 0 Å². The Bertz CT molecular complexity index is 69.5. The molecule has 2 nitrogen and oxygen atoms in total. The van der Waals surface area contributed by atoms with E-state index in [4.69, 9.17) is 9.84 Å². The summed E-state index contributed by atoms with van der Waals surface area (Å²) in [5.41, 5.74) is 0. The van der Waals surface area contributed by atoms with Gasteiger partial charge in [0.05, 0.1) is 12.2 Å². The summed E-state index contributed by atoms with van der Waals surface area (Å²) in [7, 11) is 1.00. The van der Waals surface area contributed by atoms with Gasteiger partial charge in [-0.3, -0.25) is 0 Å². The average molecular weight is 220 g/mol. The first-order valence-electron chi connectivity index (χ1n) is 6.28. The predicted octanol–water partition coefficient (Wildman–Crippen LogP) is 3.87. The van der Waals surface area contributed by atoms with Crippen LogP contribution in [-0.4, -0.2) is 24.4 Å². The minimum absolute atomic E-state index is 0.490. The molecule has 15 heavy (non-hydrogen) atoms. The van der Waals surface area contributed by atoms with Gasteiger partial charge in [0.1, 0.15) is 0 Å². The smallest absolute Gasteiger partial charge is 0.0553 e. The van der Waals surface area contributed by atoms with Crippen molar-refractivity contribution in [2.24, 2.45) is 5.92 Å². The molecule has 1 aliphatic rings. The summed E-state index contributed by atoms with van der Waals surface area (Å²) in [5.74, 6) is 0.865. The summed E-state index contributed by atoms with van der Waals surface area (Å²) in [4.78, 5) is 0. The van der Waals surface area contributed by atoms with Gasteiger partial charge in [0.15, 0.2) is 0 Å². The fourth-order valence-corrected chi connectivity index (χ4v) is 1.74. The van der Waals surface area contributed by atoms with E-state index in [0.717, 1.165) is 13.0 Å². The minimum atomic E-state index is 0.490. The maximum absolute atomic E-state index is 7.00. The van der Waals surface area contributed by atoms with Crippen LogP contribution in [0.3, 0.4) is 0 Å². The van der Waals surface area contributed by atoms with Crippen molar-refractivity contribution in [1.29, 1.82) is 0 Å². The Labute approximate surface area is 97.0 Å². The Hall–Kier alpha value is -0.0800. The van der Waals surface area contributed by atoms with Gasteiger partial charge < -0.3 is 9.84 Å². The molecular formula is C13H32O2. The van der Waals surface area contributed by atoms with Gasteiger partial charge in [-0.2, -0.15) is 0 Å². The fraction of sp³-hybridized carbons (Fsp3) is 1.00. The van der Waals surface area contributed by atoms with E-state index in [1.54, 1.807) is 0 Å². The molecule has 1 heterocycles. The maximum Gasteiger partial charge on any atom is 0.0553 e. The summed E-state index contributed by atoms with van der Waals surface area (Å²) in [6, 6.07) is 0. The highest BCUT2D eigenvalue weighted by Gasteiger charge is 2.20. The molecule has 0 aromatic rings. The summed E-state index contributed by atoms with van der Waals surface area (Å²) in [6.45, 7) is 14.6. The van der Waals surface area contributed by atoms with E-state index in [1.165, 1.54) is 12.8 Å². The monoisotopic (exact) mass is 220 g/mol. The van der Waals surface area contributed by atoms with Crippen LogP contribution in [0.4, 0.5) is 0 Å². The Morgan fingerprint density at radius 2 is 1.07 bits per heavy atom. The Morgan fingerprint density at radius 1 is 0.800 bits per heavy atom. The molecule has 1 rings (SSSR count). The number of hydrogen-bond acceptors (Lipinski definition) is 2. The third-order valence-corrected chi connectivity index (χ3v) is 1.93. The van der Waals surface area contributed by atoms with Crippen LogP contribution in [-0.2, 0) is 4.74 Å². The second kappa shape index (κ2) is 16.4. The summed E-state index contributed by atoms with van der Waals surface area (Å²) >= 11 is 0. The highest BCUT2D eigenvalue weighted by atomic mass is 16.5. The highest BCUT2D eigenvalue weighted by Crippen LogP contribution is 2.23. The number of aliphatic hydroxyl groups excluding tert-OH is 1. The summed E-state index contributed by atoms with van der Waals surface area (Å²) < 4.78 is 5.56. The first kappa shape index (κ1) is 20.3. The lowest BCUT2D eigenvalue weighted by Gasteiger charge is -2.29. The van der Waals surface area contributed by atoms with E-state index in [9.17, 15) is 0 Å². The molecule has 1 aliphatic heterocycles. The molecule has 1 unspecified atom stereocenters. The van der Waals surface area contributed by atoms with Crippen LogP contribution >= 0.6 is 0 Å². The predicted molar refractivity (Wildman–Crippen MR) is 69.2 cm³/mol. The van der Waals surface area contributed by atoms with Crippen LogP contribution in [0, 0.1) is 5.92 Å². The zero-order valence-corrected chi connectivity index (χ0v) is 12.0. The summed E-state index contributed by atoms with van der Waals surface area (Å²) in [5, 5.41) is 7.00. The van der Waals surface area contributed by atoms with Gasteiger partial charge in [0, 0.05) is 7.11 Å². The lowest BCUT2D eigenvalue weighted by atomic mass is 9.95. The zero-order valence-electron chi connectivity index (χ0n) is 12.0. The largest absolute Gasteiger partial charge is 0.400 e. The van der Waals surface area contributed by atoms with Gasteiger partial charge in [-0.15, -0.1) is 0 Å². The third-order valence-electron chi connectivity index (χ3n) is 1.93. The van der Waals surface area contributed by atoms with Crippen molar-refractivity contribution in [2.75, 3.05) is 7.11 Å². The van der Waals surface area contributed by atoms with Gasteiger partial charge in [-0.1, -0.05) is 34.6 Å². The number of rotatable bonds is 0. The molecule has 2 heteroatoms.